The van der Waals surface area contributed by atoms with Crippen LogP contribution in [0.15, 0.2) is 12.1 Å². The van der Waals surface area contributed by atoms with Crippen LogP contribution >= 0.6 is 0 Å². The lowest BCUT2D eigenvalue weighted by atomic mass is 9.49. The molecule has 4 aliphatic rings. The third-order valence-corrected chi connectivity index (χ3v) is 5.63. The first-order valence-electron chi connectivity index (χ1n) is 13.3. The van der Waals surface area contributed by atoms with E-state index in [1.807, 2.05) is 0 Å². The minimum atomic E-state index is -3.05. The summed E-state index contributed by atoms with van der Waals surface area (Å²) in [5, 5.41) is 5.16. The summed E-state index contributed by atoms with van der Waals surface area (Å²) in [4.78, 5) is 14.1. The quantitative estimate of drug-likeness (QED) is 0.880. The van der Waals surface area contributed by atoms with Gasteiger partial charge >= 0.3 is 0 Å². The van der Waals surface area contributed by atoms with Crippen molar-refractivity contribution < 1.29 is 34.5 Å². The molecule has 1 spiro atoms. The Bertz CT molecular complexity index is 1150. The van der Waals surface area contributed by atoms with Gasteiger partial charge in [0.2, 0.25) is 1.43 Å². The molecule has 2 heterocycles. The summed E-state index contributed by atoms with van der Waals surface area (Å²) < 4.78 is 109. The number of carbonyl (C=O) groups is 1. The van der Waals surface area contributed by atoms with E-state index in [2.05, 4.69) is 0 Å². The summed E-state index contributed by atoms with van der Waals surface area (Å²) in [5.41, 5.74) is -4.00. The summed E-state index contributed by atoms with van der Waals surface area (Å²) in [6.07, 6.45) is -6.01. The van der Waals surface area contributed by atoms with Gasteiger partial charge in [-0.3, -0.25) is 4.79 Å². The average Bonchev–Trinajstić information content (AvgIpc) is 3.04. The largest absolute Gasteiger partial charge is 0.493 e. The molecule has 122 valence electrons. The Balaban J connectivity index is 1.92. The van der Waals surface area contributed by atoms with Gasteiger partial charge in [0.05, 0.1) is 26.3 Å². The molecule has 5 rings (SSSR count). The topological polar surface area (TPSA) is 59.0 Å². The summed E-state index contributed by atoms with van der Waals surface area (Å²) in [7, 11) is -3.05. The number of nitrogens with zero attached hydrogens (tertiary/aromatic N) is 1. The van der Waals surface area contributed by atoms with Gasteiger partial charge in [-0.05, 0) is 44.4 Å². The first kappa shape index (κ1) is 6.37. The zero-order chi connectivity index (χ0) is 26.1. The van der Waals surface area contributed by atoms with E-state index in [4.69, 9.17) is 29.7 Å². The lowest BCUT2D eigenvalue weighted by Gasteiger charge is -2.62. The maximum Gasteiger partial charge on any atom is 0.211 e. The van der Waals surface area contributed by atoms with E-state index in [0.29, 0.717) is 0 Å². The van der Waals surface area contributed by atoms with Gasteiger partial charge in [-0.15, -0.1) is 0 Å². The average molecular weight is 327 g/mol. The first-order valence-corrected chi connectivity index (χ1v) is 7.36. The highest BCUT2D eigenvalue weighted by Gasteiger charge is 2.72. The number of benzene rings is 1. The van der Waals surface area contributed by atoms with Gasteiger partial charge in [-0.2, -0.15) is 0 Å². The predicted molar refractivity (Wildman–Crippen MR) is 83.0 cm³/mol. The number of ketones is 1. The van der Waals surface area contributed by atoms with Crippen LogP contribution in [-0.4, -0.2) is 55.5 Å². The van der Waals surface area contributed by atoms with E-state index < -0.39 is 80.0 Å². The summed E-state index contributed by atoms with van der Waals surface area (Å²) in [5.74, 6) is -2.03. The number of hydrogen-bond donors (Lipinski definition) is 1. The highest BCUT2D eigenvalue weighted by molar-refractivity contribution is 5.90. The minimum Gasteiger partial charge on any atom is -0.493 e. The number of ether oxygens (including phenoxy) is 2. The second-order valence-corrected chi connectivity index (χ2v) is 6.40. The Kier molecular flexibility index (Phi) is 1.13. The SMILES string of the molecule is [2H]O[C@@]12CC([2H])([2H])C(=O)C3Oc4c(OC([2H])([2H])[2H])c([2H])c([2H])c5c4[C@@]31CCN(C([2H])([2H])[2H])[C@]2([2H])C5. The predicted octanol–water partition coefficient (Wildman–Crippen LogP) is 1.05. The van der Waals surface area contributed by atoms with Crippen molar-refractivity contribution in [2.24, 2.45) is 0 Å². The number of methoxy groups -OCH3 is 1. The fourth-order valence-corrected chi connectivity index (χ4v) is 4.66. The molecule has 23 heavy (non-hydrogen) atoms. The molecule has 1 saturated heterocycles. The maximum absolute atomic E-state index is 13.3. The van der Waals surface area contributed by atoms with Crippen molar-refractivity contribution in [2.75, 3.05) is 20.6 Å². The maximum atomic E-state index is 13.3. The van der Waals surface area contributed by atoms with Gasteiger partial charge in [0.15, 0.2) is 23.4 Å². The zero-order valence-electron chi connectivity index (χ0n) is 24.0. The molecule has 2 aliphatic heterocycles. The van der Waals surface area contributed by atoms with Crippen molar-refractivity contribution in [1.29, 1.82) is 1.43 Å². The van der Waals surface area contributed by atoms with Crippen LogP contribution in [0.3, 0.4) is 0 Å². The van der Waals surface area contributed by atoms with Crippen molar-refractivity contribution in [2.45, 2.75) is 48.8 Å². The van der Waals surface area contributed by atoms with Gasteiger partial charge in [0, 0.05) is 24.8 Å². The monoisotopic (exact) mass is 327 g/mol. The normalized spacial score (nSPS) is 54.6. The van der Waals surface area contributed by atoms with E-state index in [0.717, 1.165) is 4.90 Å². The van der Waals surface area contributed by atoms with Crippen LogP contribution in [0.25, 0.3) is 0 Å². The number of hydrogen-bond acceptors (Lipinski definition) is 5. The van der Waals surface area contributed by atoms with E-state index in [-0.39, 0.29) is 29.8 Å². The standard InChI is InChI=1S/C18H21NO4/c1-19-8-7-17-14-10-3-4-12(22-2)15(14)23-16(17)11(20)5-6-18(17,21)13(19)9-10/h3-4,13,16,21H,5-9H2,1-2H3/t13-,16?,17+,18-/m1/s1/i1D3,2D3,3D,4D,5D2,13D,21D. The van der Waals surface area contributed by atoms with E-state index in [1.54, 1.807) is 0 Å². The molecule has 4 atom stereocenters. The minimum absolute atomic E-state index is 0.0164. The highest BCUT2D eigenvalue weighted by atomic mass is 16.5. The molecule has 1 saturated carbocycles. The number of Topliss-reactive ketones (excluding diaryl/α,β-unsaturated/α-hetero) is 1. The fourth-order valence-electron chi connectivity index (χ4n) is 4.66. The number of carbonyl (C=O) groups excluding carboxylic acids is 1. The Hall–Kier alpha value is -1.59. The van der Waals surface area contributed by atoms with Crippen LogP contribution in [0.2, 0.25) is 0 Å². The Morgan fingerprint density at radius 2 is 2.61 bits per heavy atom. The number of rotatable bonds is 2. The smallest absolute Gasteiger partial charge is 0.211 e. The van der Waals surface area contributed by atoms with Gasteiger partial charge in [-0.25, -0.2) is 0 Å². The number of piperidine rings is 1. The molecule has 2 aliphatic carbocycles. The van der Waals surface area contributed by atoms with Gasteiger partial charge < -0.3 is 19.5 Å². The molecule has 0 aromatic heterocycles. The number of likely N-dealkylation sites (tertiary alicyclic amines) is 1. The fraction of sp³-hybridized carbons (Fsp3) is 0.611. The van der Waals surface area contributed by atoms with E-state index in [9.17, 15) is 6.17 Å². The molecule has 1 aromatic carbocycles. The molecular formula is C18H21NO4. The Morgan fingerprint density at radius 1 is 1.65 bits per heavy atom. The van der Waals surface area contributed by atoms with Crippen molar-refractivity contribution >= 4 is 5.78 Å². The van der Waals surface area contributed by atoms with Crippen LogP contribution in [-0.2, 0) is 16.6 Å². The van der Waals surface area contributed by atoms with Crippen LogP contribution < -0.4 is 9.47 Å². The van der Waals surface area contributed by atoms with Crippen LogP contribution in [0.1, 0.15) is 45.4 Å². The summed E-state index contributed by atoms with van der Waals surface area (Å²) in [6, 6.07) is -3.58. The van der Waals surface area contributed by atoms with Crippen LogP contribution in [0.5, 0.6) is 11.5 Å². The molecule has 2 fully saturated rings. The van der Waals surface area contributed by atoms with Crippen LogP contribution in [0, 0.1) is 0 Å². The molecule has 0 radical (unpaired) electrons. The summed E-state index contributed by atoms with van der Waals surface area (Å²) in [6.45, 7) is -3.14. The molecule has 5 heteroatoms. The van der Waals surface area contributed by atoms with Crippen molar-refractivity contribution in [3.63, 3.8) is 0 Å². The number of aliphatic hydroxyl groups is 1. The van der Waals surface area contributed by atoms with E-state index in [1.165, 1.54) is 0 Å². The summed E-state index contributed by atoms with van der Waals surface area (Å²) >= 11 is 0. The third kappa shape index (κ3) is 1.32. The molecule has 2 bridgehead atoms. The van der Waals surface area contributed by atoms with Crippen molar-refractivity contribution in [1.82, 2.24) is 4.90 Å². The molecule has 1 aromatic rings. The molecular weight excluding hydrogens is 294 g/mol. The van der Waals surface area contributed by atoms with Gasteiger partial charge in [0.25, 0.3) is 0 Å². The van der Waals surface area contributed by atoms with Crippen LogP contribution in [0.4, 0.5) is 0 Å². The highest BCUT2D eigenvalue weighted by Crippen LogP contribution is 2.64. The van der Waals surface area contributed by atoms with Gasteiger partial charge in [-0.1, -0.05) is 6.04 Å². The lowest BCUT2D eigenvalue weighted by molar-refractivity contribution is -0.185. The Morgan fingerprint density at radius 3 is 3.43 bits per heavy atom. The van der Waals surface area contributed by atoms with Gasteiger partial charge in [0.1, 0.15) is 0 Å². The lowest BCUT2D eigenvalue weighted by Crippen LogP contribution is -2.76. The van der Waals surface area contributed by atoms with E-state index >= 15 is 0 Å². The van der Waals surface area contributed by atoms with Crippen molar-refractivity contribution in [3.05, 3.63) is 23.2 Å². The zero-order valence-corrected chi connectivity index (χ0v) is 12.0. The molecule has 5 nitrogen and oxygen atoms in total. The van der Waals surface area contributed by atoms with Crippen molar-refractivity contribution in [3.8, 4) is 11.5 Å². The second kappa shape index (κ2) is 4.08. The molecule has 0 amide bonds. The third-order valence-electron chi connectivity index (χ3n) is 5.63. The Labute approximate surface area is 152 Å². The molecule has 1 unspecified atom stereocenters. The number of likely N-dealkylation sites (N-methyl/N-ethyl adjacent to an activating group) is 1. The molecule has 1 N–H and O–H groups in total. The first-order chi connectivity index (χ1) is 15.9. The second-order valence-electron chi connectivity index (χ2n) is 6.40.